The molecular formula is C24H25N5O4. The number of nitrogens with one attached hydrogen (secondary N) is 2. The predicted octanol–water partition coefficient (Wildman–Crippen LogP) is 3.12. The van der Waals surface area contributed by atoms with Gasteiger partial charge >= 0.3 is 6.03 Å². The minimum absolute atomic E-state index is 0.238. The Labute approximate surface area is 190 Å². The number of imidazole rings is 1. The molecule has 1 saturated heterocycles. The summed E-state index contributed by atoms with van der Waals surface area (Å²) in [6.07, 6.45) is 7.80. The zero-order chi connectivity index (χ0) is 23.0. The molecule has 4 amide bonds. The van der Waals surface area contributed by atoms with Crippen LogP contribution in [0.25, 0.3) is 5.65 Å². The Morgan fingerprint density at radius 1 is 1.18 bits per heavy atom. The number of amides is 4. The van der Waals surface area contributed by atoms with Gasteiger partial charge in [0.15, 0.2) is 0 Å². The maximum Gasteiger partial charge on any atom is 0.344 e. The number of aryl methyl sites for hydroxylation is 1. The molecule has 2 fully saturated rings. The number of hydrogen-bond acceptors (Lipinski definition) is 5. The second kappa shape index (κ2) is 8.23. The number of urea groups is 1. The molecule has 9 heteroatoms. The lowest BCUT2D eigenvalue weighted by molar-refractivity contribution is -0.134. The molecule has 33 heavy (non-hydrogen) atoms. The first-order valence-electron chi connectivity index (χ1n) is 11.1. The fourth-order valence-corrected chi connectivity index (χ4v) is 4.54. The van der Waals surface area contributed by atoms with Gasteiger partial charge < -0.3 is 14.5 Å². The number of rotatable bonds is 5. The van der Waals surface area contributed by atoms with Crippen molar-refractivity contribution in [3.05, 3.63) is 65.6 Å². The number of pyridine rings is 1. The van der Waals surface area contributed by atoms with Gasteiger partial charge in [-0.3, -0.25) is 15.0 Å². The SMILES string of the molecule is Cc1cccn2cc(COc3cccc(C(=O)NN4C(=O)NC5(CCCCC5)C4=O)c3)nc12. The monoisotopic (exact) mass is 447 g/mol. The fraction of sp³-hybridized carbons (Fsp3) is 0.333. The van der Waals surface area contributed by atoms with Gasteiger partial charge in [0.25, 0.3) is 11.8 Å². The minimum Gasteiger partial charge on any atom is -0.487 e. The van der Waals surface area contributed by atoms with Crippen molar-refractivity contribution < 1.29 is 19.1 Å². The van der Waals surface area contributed by atoms with E-state index in [-0.39, 0.29) is 12.2 Å². The maximum absolute atomic E-state index is 12.9. The Morgan fingerprint density at radius 2 is 2.00 bits per heavy atom. The van der Waals surface area contributed by atoms with Gasteiger partial charge in [-0.1, -0.05) is 31.4 Å². The van der Waals surface area contributed by atoms with Crippen LogP contribution in [-0.4, -0.2) is 37.8 Å². The summed E-state index contributed by atoms with van der Waals surface area (Å²) >= 11 is 0. The highest BCUT2D eigenvalue weighted by atomic mass is 16.5. The maximum atomic E-state index is 12.9. The van der Waals surface area contributed by atoms with E-state index in [0.29, 0.717) is 18.6 Å². The molecule has 1 aliphatic heterocycles. The lowest BCUT2D eigenvalue weighted by Gasteiger charge is -2.30. The summed E-state index contributed by atoms with van der Waals surface area (Å²) in [6, 6.07) is 9.96. The second-order valence-corrected chi connectivity index (χ2v) is 8.63. The van der Waals surface area contributed by atoms with Gasteiger partial charge in [-0.2, -0.15) is 5.01 Å². The van der Waals surface area contributed by atoms with Crippen LogP contribution in [0.4, 0.5) is 4.79 Å². The number of hydrogen-bond donors (Lipinski definition) is 2. The lowest BCUT2D eigenvalue weighted by atomic mass is 9.82. The number of fused-ring (bicyclic) bond motifs is 1. The summed E-state index contributed by atoms with van der Waals surface area (Å²) < 4.78 is 7.78. The molecule has 0 unspecified atom stereocenters. The molecule has 170 valence electrons. The number of aromatic nitrogens is 2. The molecular weight excluding hydrogens is 422 g/mol. The quantitative estimate of drug-likeness (QED) is 0.585. The Balaban J connectivity index is 1.25. The van der Waals surface area contributed by atoms with E-state index in [0.717, 1.165) is 41.2 Å². The van der Waals surface area contributed by atoms with Gasteiger partial charge in [-0.25, -0.2) is 9.78 Å². The first-order valence-corrected chi connectivity index (χ1v) is 11.1. The summed E-state index contributed by atoms with van der Waals surface area (Å²) in [5.74, 6) is -0.465. The minimum atomic E-state index is -0.889. The molecule has 2 N–H and O–H groups in total. The summed E-state index contributed by atoms with van der Waals surface area (Å²) in [6.45, 7) is 2.23. The molecule has 9 nitrogen and oxygen atoms in total. The van der Waals surface area contributed by atoms with E-state index in [1.54, 1.807) is 24.3 Å². The molecule has 0 bridgehead atoms. The topological polar surface area (TPSA) is 105 Å². The molecule has 5 rings (SSSR count). The number of carbonyl (C=O) groups is 3. The number of ether oxygens (including phenoxy) is 1. The van der Waals surface area contributed by atoms with Gasteiger partial charge in [0.05, 0.1) is 5.69 Å². The molecule has 3 heterocycles. The van der Waals surface area contributed by atoms with Gasteiger partial charge in [0, 0.05) is 18.0 Å². The number of imide groups is 1. The molecule has 2 aromatic heterocycles. The third-order valence-electron chi connectivity index (χ3n) is 6.29. The molecule has 1 saturated carbocycles. The average Bonchev–Trinajstić information content (AvgIpc) is 3.34. The van der Waals surface area contributed by atoms with E-state index in [9.17, 15) is 14.4 Å². The highest BCUT2D eigenvalue weighted by molar-refractivity contribution is 6.09. The molecule has 2 aliphatic rings. The van der Waals surface area contributed by atoms with E-state index in [2.05, 4.69) is 15.7 Å². The highest BCUT2D eigenvalue weighted by Gasteiger charge is 2.52. The largest absolute Gasteiger partial charge is 0.487 e. The normalized spacial score (nSPS) is 17.4. The fourth-order valence-electron chi connectivity index (χ4n) is 4.54. The first-order chi connectivity index (χ1) is 15.9. The summed E-state index contributed by atoms with van der Waals surface area (Å²) in [5, 5.41) is 3.59. The van der Waals surface area contributed by atoms with Gasteiger partial charge in [-0.15, -0.1) is 0 Å². The van der Waals surface area contributed by atoms with Crippen molar-refractivity contribution in [2.75, 3.05) is 0 Å². The zero-order valence-electron chi connectivity index (χ0n) is 18.3. The van der Waals surface area contributed by atoms with E-state index >= 15 is 0 Å². The van der Waals surface area contributed by atoms with Crippen molar-refractivity contribution in [1.82, 2.24) is 25.1 Å². The number of nitrogens with zero attached hydrogens (tertiary/aromatic N) is 3. The third kappa shape index (κ3) is 3.90. The zero-order valence-corrected chi connectivity index (χ0v) is 18.3. The Morgan fingerprint density at radius 3 is 2.79 bits per heavy atom. The average molecular weight is 447 g/mol. The number of benzene rings is 1. The Hall–Kier alpha value is -3.88. The molecule has 3 aromatic rings. The lowest BCUT2D eigenvalue weighted by Crippen LogP contribution is -2.50. The molecule has 1 spiro atoms. The van der Waals surface area contributed by atoms with Crippen LogP contribution in [0.15, 0.2) is 48.8 Å². The van der Waals surface area contributed by atoms with E-state index < -0.39 is 23.4 Å². The summed E-state index contributed by atoms with van der Waals surface area (Å²) in [7, 11) is 0. The van der Waals surface area contributed by atoms with Gasteiger partial charge in [-0.05, 0) is 49.6 Å². The van der Waals surface area contributed by atoms with E-state index in [1.807, 2.05) is 35.9 Å². The number of carbonyl (C=O) groups excluding carboxylic acids is 3. The van der Waals surface area contributed by atoms with Crippen LogP contribution in [0, 0.1) is 6.92 Å². The first kappa shape index (κ1) is 21.0. The van der Waals surface area contributed by atoms with Crippen molar-refractivity contribution in [3.8, 4) is 5.75 Å². The van der Waals surface area contributed by atoms with Crippen molar-refractivity contribution in [1.29, 1.82) is 0 Å². The van der Waals surface area contributed by atoms with Crippen LogP contribution in [-0.2, 0) is 11.4 Å². The summed E-state index contributed by atoms with van der Waals surface area (Å²) in [5.41, 5.74) is 4.54. The second-order valence-electron chi connectivity index (χ2n) is 8.63. The smallest absolute Gasteiger partial charge is 0.344 e. The molecule has 1 aliphatic carbocycles. The van der Waals surface area contributed by atoms with Crippen LogP contribution in [0.1, 0.15) is 53.7 Å². The van der Waals surface area contributed by atoms with Crippen molar-refractivity contribution in [3.63, 3.8) is 0 Å². The van der Waals surface area contributed by atoms with Crippen LogP contribution < -0.4 is 15.5 Å². The van der Waals surface area contributed by atoms with E-state index in [1.165, 1.54) is 0 Å². The van der Waals surface area contributed by atoms with Crippen molar-refractivity contribution in [2.24, 2.45) is 0 Å². The van der Waals surface area contributed by atoms with E-state index in [4.69, 9.17) is 4.74 Å². The standard InChI is InChI=1S/C24H25N5O4/c1-16-7-6-12-28-14-18(25-20(16)28)15-33-19-9-5-8-17(13-19)21(30)27-29-22(31)24(26-23(29)32)10-3-2-4-11-24/h5-9,12-14H,2-4,10-11,15H2,1H3,(H,26,32)(H,27,30). The van der Waals surface area contributed by atoms with Gasteiger partial charge in [0.2, 0.25) is 0 Å². The van der Waals surface area contributed by atoms with Crippen LogP contribution >= 0.6 is 0 Å². The highest BCUT2D eigenvalue weighted by Crippen LogP contribution is 2.33. The third-order valence-corrected chi connectivity index (χ3v) is 6.29. The molecule has 1 aromatic carbocycles. The van der Waals surface area contributed by atoms with Crippen LogP contribution in [0.5, 0.6) is 5.75 Å². The molecule has 0 radical (unpaired) electrons. The molecule has 0 atom stereocenters. The van der Waals surface area contributed by atoms with Crippen molar-refractivity contribution >= 4 is 23.5 Å². The summed E-state index contributed by atoms with van der Waals surface area (Å²) in [4.78, 5) is 42.6. The number of hydrazine groups is 1. The van der Waals surface area contributed by atoms with Crippen LogP contribution in [0.2, 0.25) is 0 Å². The van der Waals surface area contributed by atoms with Gasteiger partial charge in [0.1, 0.15) is 23.5 Å². The Bertz CT molecular complexity index is 1240. The predicted molar refractivity (Wildman–Crippen MR) is 119 cm³/mol. The Kier molecular flexibility index (Phi) is 5.24. The van der Waals surface area contributed by atoms with Crippen LogP contribution in [0.3, 0.4) is 0 Å². The van der Waals surface area contributed by atoms with Crippen molar-refractivity contribution in [2.45, 2.75) is 51.2 Å².